The van der Waals surface area contributed by atoms with Crippen molar-refractivity contribution in [1.82, 2.24) is 0 Å². The van der Waals surface area contributed by atoms with Gasteiger partial charge in [-0.25, -0.2) is 4.39 Å². The summed E-state index contributed by atoms with van der Waals surface area (Å²) in [5.74, 6) is 0.616. The lowest BCUT2D eigenvalue weighted by Crippen LogP contribution is -2.27. The van der Waals surface area contributed by atoms with Crippen LogP contribution in [0.5, 0.6) is 0 Å². The zero-order chi connectivity index (χ0) is 8.27. The molecular weight excluding hydrogens is 143 g/mol. The number of alkyl halides is 1. The van der Waals surface area contributed by atoms with Gasteiger partial charge in [0.05, 0.1) is 6.10 Å². The first-order valence-corrected chi connectivity index (χ1v) is 4.44. The molecule has 1 nitrogen and oxygen atoms in total. The Morgan fingerprint density at radius 1 is 1.55 bits per heavy atom. The average Bonchev–Trinajstić information content (AvgIpc) is 1.85. The molecule has 0 N–H and O–H groups in total. The van der Waals surface area contributed by atoms with Crippen molar-refractivity contribution in [1.29, 1.82) is 0 Å². The molecule has 1 heterocycles. The fraction of sp³-hybridized carbons (Fsp3) is 1.00. The molecule has 0 aromatic rings. The summed E-state index contributed by atoms with van der Waals surface area (Å²) in [7, 11) is 0. The number of ether oxygens (including phenoxy) is 1. The number of hydrogen-bond donors (Lipinski definition) is 0. The third-order valence-corrected chi connectivity index (χ3v) is 2.04. The maximum atomic E-state index is 12.8. The molecule has 11 heavy (non-hydrogen) atoms. The fourth-order valence-corrected chi connectivity index (χ4v) is 1.52. The highest BCUT2D eigenvalue weighted by Gasteiger charge is 2.22. The monoisotopic (exact) mass is 160 g/mol. The fourth-order valence-electron chi connectivity index (χ4n) is 1.52. The summed E-state index contributed by atoms with van der Waals surface area (Å²) in [6.07, 6.45) is 1.76. The van der Waals surface area contributed by atoms with Crippen LogP contribution in [-0.2, 0) is 4.74 Å². The highest BCUT2D eigenvalue weighted by atomic mass is 19.1. The van der Waals surface area contributed by atoms with Crippen molar-refractivity contribution in [3.05, 3.63) is 0 Å². The lowest BCUT2D eigenvalue weighted by Gasteiger charge is -2.26. The minimum absolute atomic E-state index is 0.179. The minimum atomic E-state index is -0.618. The van der Waals surface area contributed by atoms with Gasteiger partial charge in [0.15, 0.2) is 0 Å². The van der Waals surface area contributed by atoms with Gasteiger partial charge in [-0.3, -0.25) is 0 Å². The summed E-state index contributed by atoms with van der Waals surface area (Å²) in [5, 5.41) is 0. The molecule has 0 aromatic carbocycles. The second kappa shape index (κ2) is 4.05. The molecule has 0 aliphatic carbocycles. The van der Waals surface area contributed by atoms with E-state index < -0.39 is 6.17 Å². The first-order chi connectivity index (χ1) is 5.18. The highest BCUT2D eigenvalue weighted by molar-refractivity contribution is 4.71. The molecule has 66 valence electrons. The molecule has 0 spiro atoms. The molecule has 1 aliphatic rings. The Morgan fingerprint density at radius 2 is 2.27 bits per heavy atom. The molecular formula is C9H17FO. The summed E-state index contributed by atoms with van der Waals surface area (Å²) in [6, 6.07) is 0. The van der Waals surface area contributed by atoms with Crippen LogP contribution in [0.15, 0.2) is 0 Å². The topological polar surface area (TPSA) is 9.23 Å². The van der Waals surface area contributed by atoms with E-state index in [2.05, 4.69) is 13.8 Å². The largest absolute Gasteiger partial charge is 0.378 e. The van der Waals surface area contributed by atoms with Gasteiger partial charge in [-0.05, 0) is 12.3 Å². The van der Waals surface area contributed by atoms with Crippen LogP contribution in [0.2, 0.25) is 0 Å². The van der Waals surface area contributed by atoms with Crippen LogP contribution < -0.4 is 0 Å². The van der Waals surface area contributed by atoms with Gasteiger partial charge in [-0.2, -0.15) is 0 Å². The van der Waals surface area contributed by atoms with Gasteiger partial charge in [-0.15, -0.1) is 0 Å². The van der Waals surface area contributed by atoms with E-state index in [0.29, 0.717) is 25.4 Å². The first kappa shape index (κ1) is 8.98. The Bertz CT molecular complexity index is 112. The van der Waals surface area contributed by atoms with Crippen LogP contribution in [0, 0.1) is 5.92 Å². The Morgan fingerprint density at radius 3 is 2.82 bits per heavy atom. The van der Waals surface area contributed by atoms with E-state index in [1.807, 2.05) is 0 Å². The lowest BCUT2D eigenvalue weighted by atomic mass is 9.99. The highest BCUT2D eigenvalue weighted by Crippen LogP contribution is 2.21. The first-order valence-electron chi connectivity index (χ1n) is 4.44. The zero-order valence-electron chi connectivity index (χ0n) is 7.35. The summed E-state index contributed by atoms with van der Waals surface area (Å²) in [6.45, 7) is 4.90. The normalized spacial score (nSPS) is 32.7. The van der Waals surface area contributed by atoms with E-state index in [9.17, 15) is 4.39 Å². The predicted octanol–water partition coefficient (Wildman–Crippen LogP) is 2.55. The van der Waals surface area contributed by atoms with Crippen LogP contribution in [-0.4, -0.2) is 18.9 Å². The quantitative estimate of drug-likeness (QED) is 0.603. The zero-order valence-corrected chi connectivity index (χ0v) is 7.35. The molecule has 1 aliphatic heterocycles. The van der Waals surface area contributed by atoms with E-state index in [1.54, 1.807) is 0 Å². The maximum Gasteiger partial charge on any atom is 0.105 e. The molecule has 1 fully saturated rings. The summed E-state index contributed by atoms with van der Waals surface area (Å²) in [4.78, 5) is 0. The maximum absolute atomic E-state index is 12.8. The number of rotatable bonds is 2. The van der Waals surface area contributed by atoms with Crippen LogP contribution in [0.3, 0.4) is 0 Å². The molecule has 0 aromatic heterocycles. The van der Waals surface area contributed by atoms with Crippen LogP contribution in [0.1, 0.15) is 33.1 Å². The van der Waals surface area contributed by atoms with Gasteiger partial charge in [-0.1, -0.05) is 13.8 Å². The van der Waals surface area contributed by atoms with Crippen LogP contribution in [0.25, 0.3) is 0 Å². The summed E-state index contributed by atoms with van der Waals surface area (Å²) in [5.41, 5.74) is 0. The lowest BCUT2D eigenvalue weighted by molar-refractivity contribution is -0.0273. The van der Waals surface area contributed by atoms with E-state index in [-0.39, 0.29) is 6.10 Å². The van der Waals surface area contributed by atoms with Crippen molar-refractivity contribution in [2.24, 2.45) is 5.92 Å². The van der Waals surface area contributed by atoms with Crippen molar-refractivity contribution in [2.75, 3.05) is 6.61 Å². The predicted molar refractivity (Wildman–Crippen MR) is 43.3 cm³/mol. The van der Waals surface area contributed by atoms with Crippen molar-refractivity contribution in [3.8, 4) is 0 Å². The van der Waals surface area contributed by atoms with Gasteiger partial charge < -0.3 is 4.74 Å². The molecule has 1 rings (SSSR count). The molecule has 0 amide bonds. The molecule has 1 saturated heterocycles. The third-order valence-electron chi connectivity index (χ3n) is 2.04. The molecule has 2 atom stereocenters. The van der Waals surface area contributed by atoms with Crippen molar-refractivity contribution >= 4 is 0 Å². The second-order valence-corrected chi connectivity index (χ2v) is 3.74. The summed E-state index contributed by atoms with van der Waals surface area (Å²) >= 11 is 0. The van der Waals surface area contributed by atoms with Crippen molar-refractivity contribution in [3.63, 3.8) is 0 Å². The van der Waals surface area contributed by atoms with Gasteiger partial charge >= 0.3 is 0 Å². The summed E-state index contributed by atoms with van der Waals surface area (Å²) < 4.78 is 18.2. The minimum Gasteiger partial charge on any atom is -0.378 e. The Kier molecular flexibility index (Phi) is 3.31. The van der Waals surface area contributed by atoms with Crippen molar-refractivity contribution in [2.45, 2.75) is 45.4 Å². The molecule has 0 bridgehead atoms. The van der Waals surface area contributed by atoms with Gasteiger partial charge in [0, 0.05) is 19.4 Å². The molecule has 0 radical (unpaired) electrons. The Labute approximate surface area is 67.9 Å². The van der Waals surface area contributed by atoms with Crippen LogP contribution >= 0.6 is 0 Å². The Hall–Kier alpha value is -0.110. The van der Waals surface area contributed by atoms with E-state index in [1.165, 1.54) is 0 Å². The van der Waals surface area contributed by atoms with Crippen LogP contribution in [0.4, 0.5) is 4.39 Å². The average molecular weight is 160 g/mol. The van der Waals surface area contributed by atoms with Gasteiger partial charge in [0.1, 0.15) is 6.17 Å². The van der Waals surface area contributed by atoms with E-state index in [4.69, 9.17) is 4.74 Å². The SMILES string of the molecule is CC(C)C[C@H]1C[C@@H](F)CCO1. The van der Waals surface area contributed by atoms with Gasteiger partial charge in [0.2, 0.25) is 0 Å². The van der Waals surface area contributed by atoms with Gasteiger partial charge in [0.25, 0.3) is 0 Å². The molecule has 2 heteroatoms. The third kappa shape index (κ3) is 3.19. The number of halogens is 1. The van der Waals surface area contributed by atoms with E-state index >= 15 is 0 Å². The smallest absolute Gasteiger partial charge is 0.105 e. The Balaban J connectivity index is 2.23. The number of hydrogen-bond acceptors (Lipinski definition) is 1. The standard InChI is InChI=1S/C9H17FO/c1-7(2)5-9-6-8(10)3-4-11-9/h7-9H,3-6H2,1-2H3/t8-,9-/m0/s1. The van der Waals surface area contributed by atoms with Crippen molar-refractivity contribution < 1.29 is 9.13 Å². The second-order valence-electron chi connectivity index (χ2n) is 3.74. The van der Waals surface area contributed by atoms with E-state index in [0.717, 1.165) is 6.42 Å². The molecule has 0 unspecified atom stereocenters. The molecule has 0 saturated carbocycles.